The first kappa shape index (κ1) is 23.5. The van der Waals surface area contributed by atoms with Crippen LogP contribution in [0.1, 0.15) is 43.0 Å². The predicted molar refractivity (Wildman–Crippen MR) is 144 cm³/mol. The van der Waals surface area contributed by atoms with Crippen molar-refractivity contribution in [3.63, 3.8) is 0 Å². The Morgan fingerprint density at radius 3 is 1.50 bits per heavy atom. The summed E-state index contributed by atoms with van der Waals surface area (Å²) < 4.78 is 14.4. The van der Waals surface area contributed by atoms with E-state index in [0.29, 0.717) is 33.8 Å². The number of hydrogen-bond donors (Lipinski definition) is 0. The molecule has 0 amide bonds. The summed E-state index contributed by atoms with van der Waals surface area (Å²) in [5, 5.41) is 0. The minimum absolute atomic E-state index is 0.184. The summed E-state index contributed by atoms with van der Waals surface area (Å²) in [6, 6.07) is 25.0. The smallest absolute Gasteiger partial charge is 0.329 e. The Kier molecular flexibility index (Phi) is 5.68. The van der Waals surface area contributed by atoms with Crippen molar-refractivity contribution in [2.75, 3.05) is 14.2 Å². The molecule has 7 nitrogen and oxygen atoms in total. The minimum atomic E-state index is -0.277. The van der Waals surface area contributed by atoms with Gasteiger partial charge in [-0.2, -0.15) is 0 Å². The number of imidazole rings is 1. The van der Waals surface area contributed by atoms with Crippen molar-refractivity contribution in [1.82, 2.24) is 9.13 Å². The van der Waals surface area contributed by atoms with Gasteiger partial charge in [0.1, 0.15) is 11.5 Å². The van der Waals surface area contributed by atoms with Gasteiger partial charge in [-0.25, -0.2) is 4.79 Å². The molecule has 1 aromatic heterocycles. The first-order valence-electron chi connectivity index (χ1n) is 12.2. The third-order valence-corrected chi connectivity index (χ3v) is 7.01. The van der Waals surface area contributed by atoms with Gasteiger partial charge in [-0.15, -0.1) is 0 Å². The van der Waals surface area contributed by atoms with Gasteiger partial charge < -0.3 is 9.47 Å². The van der Waals surface area contributed by atoms with Gasteiger partial charge in [0.2, 0.25) is 0 Å². The highest BCUT2D eigenvalue weighted by atomic mass is 16.5. The van der Waals surface area contributed by atoms with Gasteiger partial charge in [-0.05, 0) is 53.6 Å². The van der Waals surface area contributed by atoms with Crippen molar-refractivity contribution in [1.29, 1.82) is 0 Å². The second-order valence-corrected chi connectivity index (χ2v) is 9.25. The van der Waals surface area contributed by atoms with Gasteiger partial charge in [-0.1, -0.05) is 42.5 Å². The number of fused-ring (bicyclic) bond motifs is 11. The molecule has 8 bridgehead atoms. The molecule has 1 aliphatic rings. The summed E-state index contributed by atoms with van der Waals surface area (Å²) in [4.78, 5) is 41.1. The van der Waals surface area contributed by atoms with Crippen molar-refractivity contribution in [2.24, 2.45) is 0 Å². The van der Waals surface area contributed by atoms with E-state index in [0.717, 1.165) is 22.2 Å². The van der Waals surface area contributed by atoms with E-state index in [2.05, 4.69) is 0 Å². The molecule has 0 N–H and O–H groups in total. The molecule has 188 valence electrons. The number of methoxy groups -OCH3 is 2. The van der Waals surface area contributed by atoms with Gasteiger partial charge in [0.05, 0.1) is 49.5 Å². The Labute approximate surface area is 218 Å². The summed E-state index contributed by atoms with van der Waals surface area (Å²) in [5.41, 5.74) is 4.39. The fourth-order valence-corrected chi connectivity index (χ4v) is 5.12. The van der Waals surface area contributed by atoms with Crippen LogP contribution >= 0.6 is 0 Å². The number of aromatic nitrogens is 2. The molecule has 0 unspecified atom stereocenters. The topological polar surface area (TPSA) is 79.5 Å². The first-order chi connectivity index (χ1) is 18.5. The van der Waals surface area contributed by atoms with Crippen LogP contribution in [0, 0.1) is 0 Å². The molecule has 6 rings (SSSR count). The van der Waals surface area contributed by atoms with Crippen LogP contribution in [0.5, 0.6) is 11.5 Å². The molecule has 2 heterocycles. The van der Waals surface area contributed by atoms with Crippen LogP contribution in [0.4, 0.5) is 0 Å². The molecule has 0 fully saturated rings. The minimum Gasteiger partial charge on any atom is -0.496 e. The number of ether oxygens (including phenoxy) is 2. The van der Waals surface area contributed by atoms with Crippen molar-refractivity contribution in [3.05, 3.63) is 129 Å². The van der Waals surface area contributed by atoms with Gasteiger partial charge in [0.15, 0.2) is 11.6 Å². The molecule has 0 radical (unpaired) electrons. The zero-order valence-electron chi connectivity index (χ0n) is 20.9. The highest BCUT2D eigenvalue weighted by molar-refractivity contribution is 6.15. The zero-order valence-corrected chi connectivity index (χ0v) is 20.9. The Morgan fingerprint density at radius 2 is 1.05 bits per heavy atom. The molecule has 0 atom stereocenters. The molecule has 38 heavy (non-hydrogen) atoms. The van der Waals surface area contributed by atoms with E-state index in [-0.39, 0.29) is 30.3 Å². The number of ketones is 2. The van der Waals surface area contributed by atoms with Crippen LogP contribution in [0.3, 0.4) is 0 Å². The monoisotopic (exact) mass is 504 g/mol. The largest absolute Gasteiger partial charge is 0.496 e. The SMILES string of the molecule is COc1ccc2cc1C(=O)c1cccc(c1)C(=O)c1cc(ccc1OC)Cn1c(=O)n(c3ccccc31)C2. The number of rotatable bonds is 2. The van der Waals surface area contributed by atoms with Crippen molar-refractivity contribution in [2.45, 2.75) is 13.1 Å². The molecule has 7 heteroatoms. The molecule has 0 saturated heterocycles. The van der Waals surface area contributed by atoms with Crippen LogP contribution in [0.25, 0.3) is 11.0 Å². The molecule has 0 spiro atoms. The van der Waals surface area contributed by atoms with Crippen molar-refractivity contribution in [3.8, 4) is 11.5 Å². The molecule has 0 aliphatic carbocycles. The van der Waals surface area contributed by atoms with E-state index in [1.54, 1.807) is 57.7 Å². The third kappa shape index (κ3) is 3.80. The zero-order chi connectivity index (χ0) is 26.4. The summed E-state index contributed by atoms with van der Waals surface area (Å²) in [6.07, 6.45) is 0. The maximum Gasteiger partial charge on any atom is 0.329 e. The number of hydrogen-bond acceptors (Lipinski definition) is 5. The van der Waals surface area contributed by atoms with E-state index < -0.39 is 0 Å². The highest BCUT2D eigenvalue weighted by Crippen LogP contribution is 2.28. The number of para-hydroxylation sites is 2. The molecular weight excluding hydrogens is 480 g/mol. The predicted octanol–water partition coefficient (Wildman–Crippen LogP) is 4.69. The Hall–Kier alpha value is -4.91. The number of carbonyl (C=O) groups excluding carboxylic acids is 2. The lowest BCUT2D eigenvalue weighted by molar-refractivity contribution is 0.103. The van der Waals surface area contributed by atoms with Crippen LogP contribution in [0.2, 0.25) is 0 Å². The number of nitrogens with zero attached hydrogens (tertiary/aromatic N) is 2. The average molecular weight is 505 g/mol. The third-order valence-electron chi connectivity index (χ3n) is 7.01. The first-order valence-corrected chi connectivity index (χ1v) is 12.2. The molecule has 5 aromatic rings. The maximum atomic E-state index is 13.7. The van der Waals surface area contributed by atoms with Crippen LogP contribution < -0.4 is 15.2 Å². The molecule has 0 saturated carbocycles. The lowest BCUT2D eigenvalue weighted by atomic mass is 9.95. The van der Waals surface area contributed by atoms with E-state index in [4.69, 9.17) is 9.47 Å². The lowest BCUT2D eigenvalue weighted by Crippen LogP contribution is -2.25. The number of carbonyl (C=O) groups is 2. The van der Waals surface area contributed by atoms with Gasteiger partial charge >= 0.3 is 5.69 Å². The second kappa shape index (κ2) is 9.19. The summed E-state index contributed by atoms with van der Waals surface area (Å²) in [5.74, 6) is 0.281. The van der Waals surface area contributed by atoms with E-state index in [9.17, 15) is 14.4 Å². The second-order valence-electron chi connectivity index (χ2n) is 9.25. The Bertz CT molecular complexity index is 1690. The van der Waals surface area contributed by atoms with Crippen LogP contribution in [-0.2, 0) is 13.1 Å². The van der Waals surface area contributed by atoms with Gasteiger partial charge in [0.25, 0.3) is 0 Å². The van der Waals surface area contributed by atoms with E-state index in [1.807, 2.05) is 36.4 Å². The average Bonchev–Trinajstić information content (AvgIpc) is 3.22. The van der Waals surface area contributed by atoms with Crippen LogP contribution in [0.15, 0.2) is 89.7 Å². The Morgan fingerprint density at radius 1 is 0.579 bits per heavy atom. The molecule has 4 aromatic carbocycles. The quantitative estimate of drug-likeness (QED) is 0.342. The van der Waals surface area contributed by atoms with Crippen LogP contribution in [-0.4, -0.2) is 34.9 Å². The fraction of sp³-hybridized carbons (Fsp3) is 0.129. The van der Waals surface area contributed by atoms with E-state index >= 15 is 0 Å². The van der Waals surface area contributed by atoms with Crippen molar-refractivity contribution < 1.29 is 19.1 Å². The summed E-state index contributed by atoms with van der Waals surface area (Å²) in [6.45, 7) is 0.562. The number of benzene rings is 4. The highest BCUT2D eigenvalue weighted by Gasteiger charge is 2.22. The van der Waals surface area contributed by atoms with Gasteiger partial charge in [0, 0.05) is 11.1 Å². The molecule has 1 aliphatic heterocycles. The maximum absolute atomic E-state index is 13.7. The standard InChI is InChI=1S/C31H24N2O5/c1-37-27-12-10-19-14-23(27)29(34)21-6-5-7-22(16-21)30(35)24-15-20(11-13-28(24)38-2)18-33-26-9-4-3-8-25(26)32(17-19)31(33)36/h3-16H,17-18H2,1-2H3. The lowest BCUT2D eigenvalue weighted by Gasteiger charge is -2.13. The Balaban J connectivity index is 1.64. The normalized spacial score (nSPS) is 13.0. The van der Waals surface area contributed by atoms with E-state index in [1.165, 1.54) is 14.2 Å². The van der Waals surface area contributed by atoms with Gasteiger partial charge in [-0.3, -0.25) is 18.7 Å². The fourth-order valence-electron chi connectivity index (χ4n) is 5.12. The van der Waals surface area contributed by atoms with Crippen molar-refractivity contribution >= 4 is 22.6 Å². The summed E-state index contributed by atoms with van der Waals surface area (Å²) in [7, 11) is 3.02. The molecular formula is C31H24N2O5. The summed E-state index contributed by atoms with van der Waals surface area (Å²) >= 11 is 0.